The first-order valence-electron chi connectivity index (χ1n) is 5.36. The summed E-state index contributed by atoms with van der Waals surface area (Å²) in [5, 5.41) is 4.05. The van der Waals surface area contributed by atoms with E-state index in [4.69, 9.17) is 0 Å². The minimum atomic E-state index is -0.154. The fraction of sp³-hybridized carbons (Fsp3) is 0.333. The molecule has 3 rings (SSSR count). The van der Waals surface area contributed by atoms with Crippen molar-refractivity contribution in [1.82, 2.24) is 9.88 Å². The first-order chi connectivity index (χ1) is 7.66. The number of hydrogen-bond donors (Lipinski definition) is 1. The summed E-state index contributed by atoms with van der Waals surface area (Å²) in [5.41, 5.74) is 2.14. The van der Waals surface area contributed by atoms with Crippen molar-refractivity contribution in [1.29, 1.82) is 0 Å². The van der Waals surface area contributed by atoms with E-state index in [0.29, 0.717) is 11.4 Å². The van der Waals surface area contributed by atoms with Crippen LogP contribution in [0.5, 0.6) is 0 Å². The molecule has 0 aliphatic carbocycles. The monoisotopic (exact) mass is 282 g/mol. The largest absolute Gasteiger partial charge is 0.339 e. The average molecular weight is 283 g/mol. The number of nitrogens with one attached hydrogen (secondary N) is 1. The second-order valence-electron chi connectivity index (χ2n) is 4.31. The number of rotatable bonds is 0. The maximum Gasteiger partial charge on any atom is 0.133 e. The van der Waals surface area contributed by atoms with Gasteiger partial charge in [0.25, 0.3) is 0 Å². The van der Waals surface area contributed by atoms with E-state index in [1.54, 1.807) is 0 Å². The Balaban J connectivity index is 2.38. The van der Waals surface area contributed by atoms with Crippen molar-refractivity contribution in [3.8, 4) is 0 Å². The summed E-state index contributed by atoms with van der Waals surface area (Å²) in [6.07, 6.45) is 0. The maximum atomic E-state index is 13.8. The highest BCUT2D eigenvalue weighted by Gasteiger charge is 2.19. The lowest BCUT2D eigenvalue weighted by atomic mass is 10.2. The summed E-state index contributed by atoms with van der Waals surface area (Å²) < 4.78 is 16.8. The molecule has 84 valence electrons. The van der Waals surface area contributed by atoms with Gasteiger partial charge in [0.1, 0.15) is 5.82 Å². The van der Waals surface area contributed by atoms with Crippen LogP contribution in [0.2, 0.25) is 0 Å². The third-order valence-electron chi connectivity index (χ3n) is 3.14. The Kier molecular flexibility index (Phi) is 2.30. The zero-order chi connectivity index (χ0) is 11.3. The van der Waals surface area contributed by atoms with E-state index in [-0.39, 0.29) is 5.82 Å². The first kappa shape index (κ1) is 10.3. The lowest BCUT2D eigenvalue weighted by molar-refractivity contribution is 0.439. The van der Waals surface area contributed by atoms with Crippen LogP contribution >= 0.6 is 15.9 Å². The first-order valence-corrected chi connectivity index (χ1v) is 6.15. The molecule has 0 bridgehead atoms. The SMILES string of the molecule is C[C@@H]1CNCc2cc3c(F)cc(Br)cc3n21. The molecule has 0 unspecified atom stereocenters. The van der Waals surface area contributed by atoms with Crippen LogP contribution in [0.3, 0.4) is 0 Å². The van der Waals surface area contributed by atoms with Gasteiger partial charge in [-0.05, 0) is 25.1 Å². The molecule has 1 aliphatic heterocycles. The Morgan fingerprint density at radius 1 is 1.44 bits per heavy atom. The number of benzene rings is 1. The molecule has 16 heavy (non-hydrogen) atoms. The number of halogens is 2. The maximum absolute atomic E-state index is 13.8. The van der Waals surface area contributed by atoms with Crippen LogP contribution < -0.4 is 5.32 Å². The van der Waals surface area contributed by atoms with E-state index < -0.39 is 0 Å². The van der Waals surface area contributed by atoms with Gasteiger partial charge in [0.2, 0.25) is 0 Å². The summed E-state index contributed by atoms with van der Waals surface area (Å²) >= 11 is 3.35. The van der Waals surface area contributed by atoms with Crippen molar-refractivity contribution in [2.24, 2.45) is 0 Å². The van der Waals surface area contributed by atoms with E-state index in [9.17, 15) is 4.39 Å². The highest BCUT2D eigenvalue weighted by atomic mass is 79.9. The third-order valence-corrected chi connectivity index (χ3v) is 3.60. The average Bonchev–Trinajstić information content (AvgIpc) is 2.58. The lowest BCUT2D eigenvalue weighted by Crippen LogP contribution is -2.30. The summed E-state index contributed by atoms with van der Waals surface area (Å²) in [6.45, 7) is 3.90. The van der Waals surface area contributed by atoms with Crippen molar-refractivity contribution >= 4 is 26.8 Å². The fourth-order valence-corrected chi connectivity index (χ4v) is 2.88. The van der Waals surface area contributed by atoms with E-state index >= 15 is 0 Å². The zero-order valence-electron chi connectivity index (χ0n) is 8.93. The Morgan fingerprint density at radius 3 is 3.06 bits per heavy atom. The summed E-state index contributed by atoms with van der Waals surface area (Å²) in [6, 6.07) is 5.82. The van der Waals surface area contributed by atoms with Crippen molar-refractivity contribution in [3.63, 3.8) is 0 Å². The number of aromatic nitrogens is 1. The standard InChI is InChI=1S/C12H12BrFN2/c1-7-5-15-6-9-4-10-11(14)2-8(13)3-12(10)16(7)9/h2-4,7,15H,5-6H2,1H3/t7-/m1/s1. The van der Waals surface area contributed by atoms with Crippen LogP contribution in [0.1, 0.15) is 18.7 Å². The molecule has 0 radical (unpaired) electrons. The molecule has 1 aromatic carbocycles. The second-order valence-corrected chi connectivity index (χ2v) is 5.22. The molecule has 0 saturated heterocycles. The van der Waals surface area contributed by atoms with Gasteiger partial charge >= 0.3 is 0 Å². The summed E-state index contributed by atoms with van der Waals surface area (Å²) in [5.74, 6) is -0.154. The summed E-state index contributed by atoms with van der Waals surface area (Å²) in [4.78, 5) is 0. The van der Waals surface area contributed by atoms with Crippen LogP contribution in [-0.2, 0) is 6.54 Å². The Hall–Kier alpha value is -0.870. The van der Waals surface area contributed by atoms with Crippen LogP contribution in [0.4, 0.5) is 4.39 Å². The summed E-state index contributed by atoms with van der Waals surface area (Å²) in [7, 11) is 0. The molecule has 0 fully saturated rings. The van der Waals surface area contributed by atoms with Gasteiger partial charge in [-0.2, -0.15) is 0 Å². The smallest absolute Gasteiger partial charge is 0.133 e. The van der Waals surface area contributed by atoms with Crippen LogP contribution in [0, 0.1) is 5.82 Å². The Labute approximate surface area is 102 Å². The van der Waals surface area contributed by atoms with Crippen LogP contribution in [0.15, 0.2) is 22.7 Å². The van der Waals surface area contributed by atoms with E-state index in [0.717, 1.165) is 28.8 Å². The quantitative estimate of drug-likeness (QED) is 0.785. The van der Waals surface area contributed by atoms with Crippen LogP contribution in [0.25, 0.3) is 10.9 Å². The van der Waals surface area contributed by atoms with Gasteiger partial charge in [0.15, 0.2) is 0 Å². The Morgan fingerprint density at radius 2 is 2.25 bits per heavy atom. The van der Waals surface area contributed by atoms with Crippen molar-refractivity contribution < 1.29 is 4.39 Å². The zero-order valence-corrected chi connectivity index (χ0v) is 10.5. The molecule has 2 aromatic rings. The molecule has 0 saturated carbocycles. The second kappa shape index (κ2) is 3.57. The molecule has 4 heteroatoms. The van der Waals surface area contributed by atoms with Crippen molar-refractivity contribution in [2.45, 2.75) is 19.5 Å². The van der Waals surface area contributed by atoms with Gasteiger partial charge in [-0.1, -0.05) is 15.9 Å². The minimum Gasteiger partial charge on any atom is -0.339 e. The minimum absolute atomic E-state index is 0.154. The fourth-order valence-electron chi connectivity index (χ4n) is 2.46. The van der Waals surface area contributed by atoms with E-state index in [1.165, 1.54) is 6.07 Å². The van der Waals surface area contributed by atoms with Gasteiger partial charge in [-0.15, -0.1) is 0 Å². The highest BCUT2D eigenvalue weighted by molar-refractivity contribution is 9.10. The Bertz CT molecular complexity index is 562. The molecule has 2 heterocycles. The van der Waals surface area contributed by atoms with Gasteiger partial charge in [-0.25, -0.2) is 4.39 Å². The predicted molar refractivity (Wildman–Crippen MR) is 66.0 cm³/mol. The van der Waals surface area contributed by atoms with Gasteiger partial charge < -0.3 is 9.88 Å². The molecule has 1 N–H and O–H groups in total. The van der Waals surface area contributed by atoms with Gasteiger partial charge in [0, 0.05) is 34.7 Å². The third kappa shape index (κ3) is 1.40. The van der Waals surface area contributed by atoms with Gasteiger partial charge in [0.05, 0.1) is 5.52 Å². The molecule has 1 aromatic heterocycles. The van der Waals surface area contributed by atoms with E-state index in [2.05, 4.69) is 32.7 Å². The molecule has 1 aliphatic rings. The van der Waals surface area contributed by atoms with Crippen molar-refractivity contribution in [2.75, 3.05) is 6.54 Å². The highest BCUT2D eigenvalue weighted by Crippen LogP contribution is 2.30. The number of hydrogen-bond acceptors (Lipinski definition) is 1. The van der Waals surface area contributed by atoms with Crippen molar-refractivity contribution in [3.05, 3.63) is 34.2 Å². The molecular formula is C12H12BrFN2. The molecular weight excluding hydrogens is 271 g/mol. The molecule has 1 atom stereocenters. The van der Waals surface area contributed by atoms with Gasteiger partial charge in [-0.3, -0.25) is 0 Å². The van der Waals surface area contributed by atoms with Crippen LogP contribution in [-0.4, -0.2) is 11.1 Å². The molecule has 0 spiro atoms. The molecule has 2 nitrogen and oxygen atoms in total. The predicted octanol–water partition coefficient (Wildman–Crippen LogP) is 3.21. The number of fused-ring (bicyclic) bond motifs is 3. The van der Waals surface area contributed by atoms with E-state index in [1.807, 2.05) is 12.1 Å². The molecule has 0 amide bonds. The number of nitrogens with zero attached hydrogens (tertiary/aromatic N) is 1. The lowest BCUT2D eigenvalue weighted by Gasteiger charge is -2.24. The topological polar surface area (TPSA) is 17.0 Å². The normalized spacial score (nSPS) is 20.1.